The average molecular weight is 434 g/mol. The molecule has 2 aromatic heterocycles. The van der Waals surface area contributed by atoms with E-state index in [1.54, 1.807) is 12.1 Å². The van der Waals surface area contributed by atoms with E-state index in [0.29, 0.717) is 29.5 Å². The standard InChI is InChI=1S/C24H24ClN5O/c1-16-7-9-19(10-8-16)14-29-12-11-22(28-29)26-24(31)21-6-4-5-20(13-21)15-30-18(3)23(25)17(2)27-30/h4-13H,14-15H2,1-3H3,(H,26,28,31). The van der Waals surface area contributed by atoms with E-state index >= 15 is 0 Å². The number of hydrogen-bond acceptors (Lipinski definition) is 3. The topological polar surface area (TPSA) is 64.7 Å². The van der Waals surface area contributed by atoms with E-state index in [2.05, 4.69) is 46.7 Å². The number of hydrogen-bond donors (Lipinski definition) is 1. The maximum atomic E-state index is 12.7. The Morgan fingerprint density at radius 3 is 2.45 bits per heavy atom. The SMILES string of the molecule is Cc1ccc(Cn2ccc(NC(=O)c3cccc(Cn4nc(C)c(Cl)c4C)c3)n2)cc1. The molecule has 4 aromatic rings. The highest BCUT2D eigenvalue weighted by atomic mass is 35.5. The molecule has 2 aromatic carbocycles. The predicted molar refractivity (Wildman–Crippen MR) is 123 cm³/mol. The Morgan fingerprint density at radius 2 is 1.74 bits per heavy atom. The maximum absolute atomic E-state index is 12.7. The lowest BCUT2D eigenvalue weighted by Gasteiger charge is -2.07. The van der Waals surface area contributed by atoms with Crippen molar-refractivity contribution in [1.82, 2.24) is 19.6 Å². The van der Waals surface area contributed by atoms with Crippen LogP contribution in [0.15, 0.2) is 60.8 Å². The minimum atomic E-state index is -0.200. The number of halogens is 1. The third kappa shape index (κ3) is 4.86. The molecular weight excluding hydrogens is 410 g/mol. The van der Waals surface area contributed by atoms with Crippen molar-refractivity contribution in [2.75, 3.05) is 5.32 Å². The lowest BCUT2D eigenvalue weighted by molar-refractivity contribution is 0.102. The van der Waals surface area contributed by atoms with Crippen LogP contribution in [0.1, 0.15) is 38.4 Å². The number of benzene rings is 2. The lowest BCUT2D eigenvalue weighted by Crippen LogP contribution is -2.13. The molecule has 0 unspecified atom stereocenters. The summed E-state index contributed by atoms with van der Waals surface area (Å²) < 4.78 is 3.66. The van der Waals surface area contributed by atoms with E-state index < -0.39 is 0 Å². The second kappa shape index (κ2) is 8.78. The van der Waals surface area contributed by atoms with Gasteiger partial charge in [0.25, 0.3) is 5.91 Å². The van der Waals surface area contributed by atoms with Gasteiger partial charge in [-0.05, 0) is 44.0 Å². The summed E-state index contributed by atoms with van der Waals surface area (Å²) in [7, 11) is 0. The van der Waals surface area contributed by atoms with Gasteiger partial charge in [0.1, 0.15) is 0 Å². The van der Waals surface area contributed by atoms with Crippen molar-refractivity contribution in [1.29, 1.82) is 0 Å². The fourth-order valence-electron chi connectivity index (χ4n) is 3.40. The smallest absolute Gasteiger partial charge is 0.256 e. The van der Waals surface area contributed by atoms with Crippen molar-refractivity contribution in [3.63, 3.8) is 0 Å². The van der Waals surface area contributed by atoms with Gasteiger partial charge in [-0.3, -0.25) is 14.2 Å². The summed E-state index contributed by atoms with van der Waals surface area (Å²) in [5, 5.41) is 12.5. The summed E-state index contributed by atoms with van der Waals surface area (Å²) in [4.78, 5) is 12.7. The molecular formula is C24H24ClN5O. The average Bonchev–Trinajstić information content (AvgIpc) is 3.29. The van der Waals surface area contributed by atoms with Crippen LogP contribution < -0.4 is 5.32 Å². The van der Waals surface area contributed by atoms with Crippen LogP contribution in [0.25, 0.3) is 0 Å². The van der Waals surface area contributed by atoms with Crippen molar-refractivity contribution in [3.8, 4) is 0 Å². The highest BCUT2D eigenvalue weighted by molar-refractivity contribution is 6.31. The molecule has 6 nitrogen and oxygen atoms in total. The van der Waals surface area contributed by atoms with Crippen LogP contribution in [0.4, 0.5) is 5.82 Å². The van der Waals surface area contributed by atoms with Crippen molar-refractivity contribution < 1.29 is 4.79 Å². The molecule has 0 spiro atoms. The molecule has 0 saturated heterocycles. The van der Waals surface area contributed by atoms with Gasteiger partial charge in [-0.15, -0.1) is 0 Å². The normalized spacial score (nSPS) is 11.0. The summed E-state index contributed by atoms with van der Waals surface area (Å²) in [6, 6.07) is 17.6. The first-order chi connectivity index (χ1) is 14.9. The second-order valence-electron chi connectivity index (χ2n) is 7.68. The fraction of sp³-hybridized carbons (Fsp3) is 0.208. The van der Waals surface area contributed by atoms with Gasteiger partial charge in [0.15, 0.2) is 5.82 Å². The zero-order chi connectivity index (χ0) is 22.0. The Balaban J connectivity index is 1.43. The van der Waals surface area contributed by atoms with Gasteiger partial charge < -0.3 is 5.32 Å². The minimum Gasteiger partial charge on any atom is -0.305 e. The Morgan fingerprint density at radius 1 is 0.968 bits per heavy atom. The van der Waals surface area contributed by atoms with Crippen LogP contribution in [0.5, 0.6) is 0 Å². The molecule has 0 radical (unpaired) electrons. The number of aryl methyl sites for hydroxylation is 2. The van der Waals surface area contributed by atoms with E-state index in [-0.39, 0.29) is 5.91 Å². The number of aromatic nitrogens is 4. The number of carbonyl (C=O) groups excluding carboxylic acids is 1. The van der Waals surface area contributed by atoms with E-state index in [1.807, 2.05) is 47.6 Å². The molecule has 158 valence electrons. The van der Waals surface area contributed by atoms with E-state index in [9.17, 15) is 4.79 Å². The first-order valence-corrected chi connectivity index (χ1v) is 10.5. The molecule has 0 bridgehead atoms. The van der Waals surface area contributed by atoms with Crippen LogP contribution in [0.2, 0.25) is 5.02 Å². The number of nitrogens with zero attached hydrogens (tertiary/aromatic N) is 4. The van der Waals surface area contributed by atoms with Gasteiger partial charge in [-0.1, -0.05) is 53.6 Å². The highest BCUT2D eigenvalue weighted by Gasteiger charge is 2.12. The number of amides is 1. The first-order valence-electron chi connectivity index (χ1n) is 10.1. The highest BCUT2D eigenvalue weighted by Crippen LogP contribution is 2.20. The van der Waals surface area contributed by atoms with Crippen molar-refractivity contribution >= 4 is 23.3 Å². The van der Waals surface area contributed by atoms with Crippen LogP contribution >= 0.6 is 11.6 Å². The zero-order valence-electron chi connectivity index (χ0n) is 17.8. The third-order valence-corrected chi connectivity index (χ3v) is 5.71. The summed E-state index contributed by atoms with van der Waals surface area (Å²) in [6.45, 7) is 7.08. The van der Waals surface area contributed by atoms with Gasteiger partial charge in [0.05, 0.1) is 29.5 Å². The first kappa shape index (κ1) is 20.9. The van der Waals surface area contributed by atoms with Crippen molar-refractivity contribution in [3.05, 3.63) is 99.5 Å². The van der Waals surface area contributed by atoms with Gasteiger partial charge >= 0.3 is 0 Å². The molecule has 0 fully saturated rings. The minimum absolute atomic E-state index is 0.200. The number of anilines is 1. The Bertz CT molecular complexity index is 1220. The van der Waals surface area contributed by atoms with Crippen LogP contribution in [0, 0.1) is 20.8 Å². The molecule has 7 heteroatoms. The Labute approximate surface area is 186 Å². The van der Waals surface area contributed by atoms with Crippen LogP contribution in [0.3, 0.4) is 0 Å². The van der Waals surface area contributed by atoms with Crippen LogP contribution in [-0.4, -0.2) is 25.5 Å². The van der Waals surface area contributed by atoms with E-state index in [4.69, 9.17) is 11.6 Å². The van der Waals surface area contributed by atoms with Crippen LogP contribution in [-0.2, 0) is 13.1 Å². The molecule has 0 aliphatic heterocycles. The molecule has 0 aliphatic carbocycles. The second-order valence-corrected chi connectivity index (χ2v) is 8.06. The fourth-order valence-corrected chi connectivity index (χ4v) is 3.53. The maximum Gasteiger partial charge on any atom is 0.256 e. The van der Waals surface area contributed by atoms with E-state index in [1.165, 1.54) is 5.56 Å². The molecule has 1 N–H and O–H groups in total. The van der Waals surface area contributed by atoms with Crippen molar-refractivity contribution in [2.45, 2.75) is 33.9 Å². The Kier molecular flexibility index (Phi) is 5.91. The Hall–Kier alpha value is -3.38. The molecule has 4 rings (SSSR count). The number of carbonyl (C=O) groups is 1. The number of rotatable bonds is 6. The van der Waals surface area contributed by atoms with Gasteiger partial charge in [0, 0.05) is 17.8 Å². The summed E-state index contributed by atoms with van der Waals surface area (Å²) in [5.74, 6) is 0.321. The zero-order valence-corrected chi connectivity index (χ0v) is 18.5. The largest absolute Gasteiger partial charge is 0.305 e. The quantitative estimate of drug-likeness (QED) is 0.465. The molecule has 1 amide bonds. The molecule has 2 heterocycles. The third-order valence-electron chi connectivity index (χ3n) is 5.16. The molecule has 0 atom stereocenters. The van der Waals surface area contributed by atoms with E-state index in [0.717, 1.165) is 22.5 Å². The summed E-state index contributed by atoms with van der Waals surface area (Å²) >= 11 is 6.24. The predicted octanol–water partition coefficient (Wildman–Crippen LogP) is 5.01. The number of nitrogens with one attached hydrogen (secondary N) is 1. The summed E-state index contributed by atoms with van der Waals surface area (Å²) in [5.41, 5.74) is 5.63. The summed E-state index contributed by atoms with van der Waals surface area (Å²) in [6.07, 6.45) is 1.86. The van der Waals surface area contributed by atoms with Gasteiger partial charge in [-0.2, -0.15) is 10.2 Å². The molecule has 31 heavy (non-hydrogen) atoms. The van der Waals surface area contributed by atoms with Gasteiger partial charge in [-0.25, -0.2) is 0 Å². The monoisotopic (exact) mass is 433 g/mol. The van der Waals surface area contributed by atoms with Gasteiger partial charge in [0.2, 0.25) is 0 Å². The molecule has 0 saturated carbocycles. The lowest BCUT2D eigenvalue weighted by atomic mass is 10.1. The molecule has 0 aliphatic rings. The van der Waals surface area contributed by atoms with Crippen molar-refractivity contribution in [2.24, 2.45) is 0 Å².